The minimum absolute atomic E-state index is 0.158. The molecular weight excluding hydrogens is 460 g/mol. The minimum atomic E-state index is -4.80. The van der Waals surface area contributed by atoms with Gasteiger partial charge in [0.25, 0.3) is 0 Å². The van der Waals surface area contributed by atoms with Crippen LogP contribution in [-0.2, 0) is 29.1 Å². The molecule has 1 saturated carbocycles. The van der Waals surface area contributed by atoms with Crippen molar-refractivity contribution >= 4 is 5.91 Å². The van der Waals surface area contributed by atoms with Crippen molar-refractivity contribution < 1.29 is 31.1 Å². The summed E-state index contributed by atoms with van der Waals surface area (Å²) in [7, 11) is 0. The summed E-state index contributed by atoms with van der Waals surface area (Å²) >= 11 is 0. The summed E-state index contributed by atoms with van der Waals surface area (Å²) in [4.78, 5) is 20.4. The lowest BCUT2D eigenvalue weighted by molar-refractivity contribution is -0.141. The van der Waals surface area contributed by atoms with E-state index in [0.29, 0.717) is 18.4 Å². The van der Waals surface area contributed by atoms with Gasteiger partial charge in [0.1, 0.15) is 16.9 Å². The third kappa shape index (κ3) is 5.05. The van der Waals surface area contributed by atoms with Crippen LogP contribution in [0.5, 0.6) is 0 Å². The van der Waals surface area contributed by atoms with Crippen LogP contribution in [0.1, 0.15) is 41.2 Å². The Labute approximate surface area is 191 Å². The highest BCUT2D eigenvalue weighted by Crippen LogP contribution is 2.38. The first-order valence-electron chi connectivity index (χ1n) is 10.4. The fourth-order valence-electron chi connectivity index (χ4n) is 3.71. The van der Waals surface area contributed by atoms with Crippen molar-refractivity contribution in [2.75, 3.05) is 0 Å². The summed E-state index contributed by atoms with van der Waals surface area (Å²) < 4.78 is 81.0. The average Bonchev–Trinajstić information content (AvgIpc) is 3.64. The molecule has 1 aromatic carbocycles. The van der Waals surface area contributed by atoms with Gasteiger partial charge in [-0.15, -0.1) is 0 Å². The number of carbonyl (C=O) groups is 1. The van der Waals surface area contributed by atoms with Crippen molar-refractivity contribution in [1.29, 1.82) is 0 Å². The number of hydrogen-bond donors (Lipinski definition) is 1. The van der Waals surface area contributed by atoms with Gasteiger partial charge in [0.15, 0.2) is 0 Å². The van der Waals surface area contributed by atoms with Crippen LogP contribution in [0.15, 0.2) is 66.7 Å². The molecule has 1 fully saturated rings. The van der Waals surface area contributed by atoms with Crippen LogP contribution in [0, 0.1) is 5.92 Å². The van der Waals surface area contributed by atoms with E-state index >= 15 is 0 Å². The SMILES string of the molecule is O=C(NC(Cc1ccccc1)(c1cccc(C(F)(F)F)n1)c1cccc(C(F)(F)F)n1)C1CC1. The highest BCUT2D eigenvalue weighted by Gasteiger charge is 2.45. The minimum Gasteiger partial charge on any atom is -0.339 e. The number of halogens is 6. The lowest BCUT2D eigenvalue weighted by Gasteiger charge is -2.35. The second-order valence-electron chi connectivity index (χ2n) is 8.14. The molecule has 0 radical (unpaired) electrons. The van der Waals surface area contributed by atoms with Gasteiger partial charge < -0.3 is 5.32 Å². The highest BCUT2D eigenvalue weighted by atomic mass is 19.4. The fourth-order valence-corrected chi connectivity index (χ4v) is 3.71. The molecule has 2 aromatic heterocycles. The third-order valence-electron chi connectivity index (χ3n) is 5.55. The maximum absolute atomic E-state index is 13.5. The molecule has 4 rings (SSSR count). The molecule has 10 heteroatoms. The Morgan fingerprint density at radius 1 is 0.735 bits per heavy atom. The van der Waals surface area contributed by atoms with Crippen molar-refractivity contribution in [3.63, 3.8) is 0 Å². The van der Waals surface area contributed by atoms with Crippen molar-refractivity contribution in [1.82, 2.24) is 15.3 Å². The van der Waals surface area contributed by atoms with Gasteiger partial charge >= 0.3 is 12.4 Å². The molecule has 2 heterocycles. The number of rotatable bonds is 6. The van der Waals surface area contributed by atoms with Gasteiger partial charge in [-0.25, -0.2) is 9.97 Å². The van der Waals surface area contributed by atoms with E-state index < -0.39 is 35.2 Å². The molecule has 1 aliphatic carbocycles. The van der Waals surface area contributed by atoms with Gasteiger partial charge in [-0.05, 0) is 42.7 Å². The maximum Gasteiger partial charge on any atom is 0.433 e. The lowest BCUT2D eigenvalue weighted by Crippen LogP contribution is -2.50. The van der Waals surface area contributed by atoms with Crippen molar-refractivity contribution in [3.8, 4) is 0 Å². The Morgan fingerprint density at radius 3 is 1.65 bits per heavy atom. The molecule has 0 bridgehead atoms. The predicted molar refractivity (Wildman–Crippen MR) is 110 cm³/mol. The normalized spacial score (nSPS) is 14.6. The number of nitrogens with one attached hydrogen (secondary N) is 1. The van der Waals surface area contributed by atoms with Crippen molar-refractivity contribution in [2.24, 2.45) is 5.92 Å². The molecule has 3 aromatic rings. The van der Waals surface area contributed by atoms with Gasteiger partial charge in [0.05, 0.1) is 11.4 Å². The van der Waals surface area contributed by atoms with E-state index in [2.05, 4.69) is 15.3 Å². The van der Waals surface area contributed by atoms with Gasteiger partial charge in [-0.3, -0.25) is 4.79 Å². The Hall–Kier alpha value is -3.43. The van der Waals surface area contributed by atoms with E-state index in [1.54, 1.807) is 30.3 Å². The number of nitrogens with zero attached hydrogens (tertiary/aromatic N) is 2. The van der Waals surface area contributed by atoms with Crippen LogP contribution < -0.4 is 5.32 Å². The van der Waals surface area contributed by atoms with Gasteiger partial charge in [0, 0.05) is 12.3 Å². The second kappa shape index (κ2) is 8.73. The zero-order chi connectivity index (χ0) is 24.6. The maximum atomic E-state index is 13.5. The van der Waals surface area contributed by atoms with Crippen LogP contribution in [0.2, 0.25) is 0 Å². The molecule has 0 unspecified atom stereocenters. The van der Waals surface area contributed by atoms with E-state index in [1.807, 2.05) is 0 Å². The summed E-state index contributed by atoms with van der Waals surface area (Å²) in [6, 6.07) is 14.7. The van der Waals surface area contributed by atoms with Crippen LogP contribution in [0.25, 0.3) is 0 Å². The summed E-state index contributed by atoms with van der Waals surface area (Å²) in [5.41, 5.74) is -4.27. The van der Waals surface area contributed by atoms with Crippen LogP contribution in [-0.4, -0.2) is 15.9 Å². The number of pyridine rings is 2. The number of aromatic nitrogens is 2. The van der Waals surface area contributed by atoms with Gasteiger partial charge in [-0.1, -0.05) is 42.5 Å². The average molecular weight is 479 g/mol. The van der Waals surface area contributed by atoms with E-state index in [1.165, 1.54) is 12.1 Å². The molecule has 1 amide bonds. The first kappa shape index (κ1) is 23.7. The Morgan fingerprint density at radius 2 is 1.21 bits per heavy atom. The summed E-state index contributed by atoms with van der Waals surface area (Å²) in [5, 5.41) is 2.73. The zero-order valence-electron chi connectivity index (χ0n) is 17.6. The van der Waals surface area contributed by atoms with E-state index in [9.17, 15) is 31.1 Å². The zero-order valence-corrected chi connectivity index (χ0v) is 17.6. The number of amides is 1. The summed E-state index contributed by atoms with van der Waals surface area (Å²) in [6.45, 7) is 0. The second-order valence-corrected chi connectivity index (χ2v) is 8.14. The monoisotopic (exact) mass is 479 g/mol. The van der Waals surface area contributed by atoms with Gasteiger partial charge in [-0.2, -0.15) is 26.3 Å². The van der Waals surface area contributed by atoms with E-state index in [0.717, 1.165) is 24.3 Å². The third-order valence-corrected chi connectivity index (χ3v) is 5.55. The molecule has 34 heavy (non-hydrogen) atoms. The molecule has 0 saturated heterocycles. The molecule has 1 aliphatic rings. The van der Waals surface area contributed by atoms with Crippen molar-refractivity contribution in [2.45, 2.75) is 37.2 Å². The van der Waals surface area contributed by atoms with E-state index in [4.69, 9.17) is 0 Å². The quantitative estimate of drug-likeness (QED) is 0.474. The lowest BCUT2D eigenvalue weighted by atomic mass is 9.82. The predicted octanol–water partition coefficient (Wildman–Crippen LogP) is 5.53. The number of alkyl halides is 6. The molecule has 4 nitrogen and oxygen atoms in total. The number of carbonyl (C=O) groups excluding carboxylic acids is 1. The van der Waals surface area contributed by atoms with Crippen LogP contribution in [0.4, 0.5) is 26.3 Å². The smallest absolute Gasteiger partial charge is 0.339 e. The first-order valence-corrected chi connectivity index (χ1v) is 10.4. The number of hydrogen-bond acceptors (Lipinski definition) is 3. The molecule has 0 aliphatic heterocycles. The van der Waals surface area contributed by atoms with Crippen molar-refractivity contribution in [3.05, 3.63) is 95.1 Å². The largest absolute Gasteiger partial charge is 0.433 e. The summed E-state index contributed by atoms with van der Waals surface area (Å²) in [5.74, 6) is -0.846. The molecular formula is C24H19F6N3O. The number of benzene rings is 1. The molecule has 178 valence electrons. The van der Waals surface area contributed by atoms with Crippen LogP contribution in [0.3, 0.4) is 0 Å². The summed E-state index contributed by atoms with van der Waals surface area (Å²) in [6.07, 6.45) is -8.58. The van der Waals surface area contributed by atoms with Crippen LogP contribution >= 0.6 is 0 Å². The molecule has 0 atom stereocenters. The van der Waals surface area contributed by atoms with E-state index in [-0.39, 0.29) is 23.7 Å². The van der Waals surface area contributed by atoms with Gasteiger partial charge in [0.2, 0.25) is 5.91 Å². The molecule has 0 spiro atoms. The Bertz CT molecular complexity index is 1120. The standard InChI is InChI=1S/C24H19F6N3O/c25-23(26,27)19-10-4-8-17(31-19)22(33-21(34)16-12-13-16,14-15-6-2-1-3-7-15)18-9-5-11-20(32-18)24(28,29)30/h1-11,16H,12-14H2,(H,33,34). The Kier molecular flexibility index (Phi) is 6.09. The Balaban J connectivity index is 1.96. The highest BCUT2D eigenvalue weighted by molar-refractivity contribution is 5.82. The first-order chi connectivity index (χ1) is 16.0. The molecule has 1 N–H and O–H groups in total. The fraction of sp³-hybridized carbons (Fsp3) is 0.292. The topological polar surface area (TPSA) is 54.9 Å².